The van der Waals surface area contributed by atoms with Gasteiger partial charge in [-0.15, -0.1) is 0 Å². The number of hydrogen-bond acceptors (Lipinski definition) is 3. The molecule has 0 aliphatic carbocycles. The standard InChI is InChI=1S/C17H19F3N2O2S/c1-10-5-7-13(12(19)9-10)21-16-14(8-6-11(18)15(16)20)22-25(23,24)17(2,3)4/h5-9,21-22H,1-4H3. The SMILES string of the molecule is Cc1ccc(Nc2c(NS(=O)(=O)C(C)(C)C)ccc(F)c2F)c(F)c1. The van der Waals surface area contributed by atoms with Gasteiger partial charge in [0.2, 0.25) is 10.0 Å². The zero-order valence-corrected chi connectivity index (χ0v) is 15.1. The molecule has 0 atom stereocenters. The van der Waals surface area contributed by atoms with Gasteiger partial charge in [0.15, 0.2) is 11.6 Å². The zero-order chi connectivity index (χ0) is 19.0. The van der Waals surface area contributed by atoms with Crippen LogP contribution < -0.4 is 10.0 Å². The molecule has 0 unspecified atom stereocenters. The van der Waals surface area contributed by atoms with Crippen molar-refractivity contribution in [3.05, 3.63) is 53.3 Å². The quantitative estimate of drug-likeness (QED) is 0.818. The Kier molecular flexibility index (Phi) is 5.04. The van der Waals surface area contributed by atoms with E-state index < -0.39 is 37.9 Å². The topological polar surface area (TPSA) is 58.2 Å². The summed E-state index contributed by atoms with van der Waals surface area (Å²) >= 11 is 0. The van der Waals surface area contributed by atoms with E-state index in [1.54, 1.807) is 13.0 Å². The Morgan fingerprint density at radius 2 is 1.52 bits per heavy atom. The fourth-order valence-corrected chi connectivity index (χ4v) is 2.68. The lowest BCUT2D eigenvalue weighted by Crippen LogP contribution is -2.34. The van der Waals surface area contributed by atoms with Gasteiger partial charge in [0.05, 0.1) is 16.1 Å². The van der Waals surface area contributed by atoms with E-state index in [0.29, 0.717) is 5.56 Å². The molecular formula is C17H19F3N2O2S. The van der Waals surface area contributed by atoms with Crippen LogP contribution in [0.5, 0.6) is 0 Å². The largest absolute Gasteiger partial charge is 0.349 e. The Bertz CT molecular complexity index is 907. The Hall–Kier alpha value is -2.22. The van der Waals surface area contributed by atoms with Crippen LogP contribution in [0.3, 0.4) is 0 Å². The summed E-state index contributed by atoms with van der Waals surface area (Å²) in [7, 11) is -3.88. The van der Waals surface area contributed by atoms with Gasteiger partial charge in [0, 0.05) is 0 Å². The number of halogens is 3. The Labute approximate surface area is 145 Å². The van der Waals surface area contributed by atoms with Gasteiger partial charge in [-0.05, 0) is 57.5 Å². The monoisotopic (exact) mass is 372 g/mol. The molecule has 25 heavy (non-hydrogen) atoms. The van der Waals surface area contributed by atoms with Crippen molar-refractivity contribution in [3.8, 4) is 0 Å². The molecule has 0 amide bonds. The lowest BCUT2D eigenvalue weighted by atomic mass is 10.2. The van der Waals surface area contributed by atoms with Crippen LogP contribution in [-0.2, 0) is 10.0 Å². The van der Waals surface area contributed by atoms with Crippen molar-refractivity contribution < 1.29 is 21.6 Å². The van der Waals surface area contributed by atoms with Crippen molar-refractivity contribution in [2.75, 3.05) is 10.0 Å². The Morgan fingerprint density at radius 1 is 0.920 bits per heavy atom. The molecule has 0 aliphatic rings. The molecule has 136 valence electrons. The van der Waals surface area contributed by atoms with Gasteiger partial charge in [-0.25, -0.2) is 21.6 Å². The Morgan fingerprint density at radius 3 is 2.08 bits per heavy atom. The number of rotatable bonds is 4. The predicted molar refractivity (Wildman–Crippen MR) is 93.1 cm³/mol. The molecule has 4 nitrogen and oxygen atoms in total. The smallest absolute Gasteiger partial charge is 0.237 e. The van der Waals surface area contributed by atoms with Crippen molar-refractivity contribution in [1.29, 1.82) is 0 Å². The number of benzene rings is 2. The molecule has 0 radical (unpaired) electrons. The van der Waals surface area contributed by atoms with Crippen molar-refractivity contribution in [1.82, 2.24) is 0 Å². The van der Waals surface area contributed by atoms with Crippen molar-refractivity contribution >= 4 is 27.1 Å². The highest BCUT2D eigenvalue weighted by Gasteiger charge is 2.30. The first kappa shape index (κ1) is 19.1. The van der Waals surface area contributed by atoms with Gasteiger partial charge in [-0.1, -0.05) is 6.07 Å². The number of sulfonamides is 1. The van der Waals surface area contributed by atoms with Gasteiger partial charge < -0.3 is 5.32 Å². The van der Waals surface area contributed by atoms with Crippen LogP contribution >= 0.6 is 0 Å². The highest BCUT2D eigenvalue weighted by Crippen LogP contribution is 2.33. The zero-order valence-electron chi connectivity index (χ0n) is 14.2. The molecule has 0 saturated heterocycles. The number of aryl methyl sites for hydroxylation is 1. The lowest BCUT2D eigenvalue weighted by molar-refractivity contribution is 0.512. The number of hydrogen-bond donors (Lipinski definition) is 2. The molecule has 0 bridgehead atoms. The van der Waals surface area contributed by atoms with Gasteiger partial charge in [0.1, 0.15) is 11.5 Å². The second kappa shape index (κ2) is 6.59. The Balaban J connectivity index is 2.51. The highest BCUT2D eigenvalue weighted by atomic mass is 32.2. The van der Waals surface area contributed by atoms with Gasteiger partial charge in [-0.3, -0.25) is 4.72 Å². The summed E-state index contributed by atoms with van der Waals surface area (Å²) in [5.74, 6) is -3.17. The van der Waals surface area contributed by atoms with E-state index in [2.05, 4.69) is 10.0 Å². The maximum absolute atomic E-state index is 14.2. The van der Waals surface area contributed by atoms with E-state index in [9.17, 15) is 21.6 Å². The minimum absolute atomic E-state index is 0.105. The molecule has 0 heterocycles. The fraction of sp³-hybridized carbons (Fsp3) is 0.294. The maximum atomic E-state index is 14.2. The first-order valence-electron chi connectivity index (χ1n) is 7.46. The van der Waals surface area contributed by atoms with Crippen LogP contribution in [0.2, 0.25) is 0 Å². The van der Waals surface area contributed by atoms with Crippen molar-refractivity contribution in [2.45, 2.75) is 32.4 Å². The first-order valence-corrected chi connectivity index (χ1v) is 8.94. The maximum Gasteiger partial charge on any atom is 0.237 e. The van der Waals surface area contributed by atoms with E-state index >= 15 is 0 Å². The van der Waals surface area contributed by atoms with Crippen molar-refractivity contribution in [3.63, 3.8) is 0 Å². The summed E-state index contributed by atoms with van der Waals surface area (Å²) in [5.41, 5.74) is -0.160. The average molecular weight is 372 g/mol. The summed E-state index contributed by atoms with van der Waals surface area (Å²) in [4.78, 5) is 0. The van der Waals surface area contributed by atoms with Crippen LogP contribution in [0.15, 0.2) is 30.3 Å². The molecule has 0 spiro atoms. The second-order valence-electron chi connectivity index (χ2n) is 6.61. The molecule has 8 heteroatoms. The molecule has 2 aromatic rings. The van der Waals surface area contributed by atoms with E-state index in [1.807, 2.05) is 0 Å². The third kappa shape index (κ3) is 4.07. The molecular weight excluding hydrogens is 353 g/mol. The second-order valence-corrected chi connectivity index (χ2v) is 9.05. The van der Waals surface area contributed by atoms with E-state index in [-0.39, 0.29) is 11.4 Å². The minimum Gasteiger partial charge on any atom is -0.349 e. The highest BCUT2D eigenvalue weighted by molar-refractivity contribution is 7.94. The van der Waals surface area contributed by atoms with Gasteiger partial charge in [-0.2, -0.15) is 0 Å². The summed E-state index contributed by atoms with van der Waals surface area (Å²) in [6.45, 7) is 6.06. The molecule has 0 aromatic heterocycles. The molecule has 0 aliphatic heterocycles. The van der Waals surface area contributed by atoms with E-state index in [1.165, 1.54) is 32.9 Å². The minimum atomic E-state index is -3.88. The average Bonchev–Trinajstić information content (AvgIpc) is 2.47. The van der Waals surface area contributed by atoms with Crippen LogP contribution in [-0.4, -0.2) is 13.2 Å². The van der Waals surface area contributed by atoms with Gasteiger partial charge in [0.25, 0.3) is 0 Å². The summed E-state index contributed by atoms with van der Waals surface area (Å²) in [5, 5.41) is 2.43. The van der Waals surface area contributed by atoms with Crippen LogP contribution in [0.25, 0.3) is 0 Å². The lowest BCUT2D eigenvalue weighted by Gasteiger charge is -2.22. The number of anilines is 3. The fourth-order valence-electron chi connectivity index (χ4n) is 1.91. The van der Waals surface area contributed by atoms with Crippen LogP contribution in [0, 0.1) is 24.4 Å². The normalized spacial score (nSPS) is 12.1. The number of nitrogens with one attached hydrogen (secondary N) is 2. The first-order chi connectivity index (χ1) is 11.4. The van der Waals surface area contributed by atoms with Crippen molar-refractivity contribution in [2.24, 2.45) is 0 Å². The van der Waals surface area contributed by atoms with Crippen LogP contribution in [0.1, 0.15) is 26.3 Å². The summed E-state index contributed by atoms with van der Waals surface area (Å²) < 4.78 is 67.5. The third-order valence-corrected chi connectivity index (χ3v) is 5.63. The third-order valence-electron chi connectivity index (χ3n) is 3.53. The van der Waals surface area contributed by atoms with Gasteiger partial charge >= 0.3 is 0 Å². The molecule has 0 fully saturated rings. The van der Waals surface area contributed by atoms with E-state index in [4.69, 9.17) is 0 Å². The molecule has 2 N–H and O–H groups in total. The molecule has 2 aromatic carbocycles. The van der Waals surface area contributed by atoms with Crippen LogP contribution in [0.4, 0.5) is 30.2 Å². The predicted octanol–water partition coefficient (Wildman–Crippen LogP) is 4.70. The molecule has 2 rings (SSSR count). The summed E-state index contributed by atoms with van der Waals surface area (Å²) in [6, 6.07) is 6.04. The van der Waals surface area contributed by atoms with E-state index in [0.717, 1.165) is 12.1 Å². The summed E-state index contributed by atoms with van der Waals surface area (Å²) in [6.07, 6.45) is 0. The molecule has 0 saturated carbocycles.